The quantitative estimate of drug-likeness (QED) is 0.672. The number of aliphatic hydroxyl groups excluding tert-OH is 1. The molecule has 0 aliphatic carbocycles. The van der Waals surface area contributed by atoms with Crippen LogP contribution in [0.1, 0.15) is 12.5 Å². The zero-order valence-corrected chi connectivity index (χ0v) is 12.1. The minimum atomic E-state index is -0.993. The third-order valence-corrected chi connectivity index (χ3v) is 3.26. The first kappa shape index (κ1) is 15.6. The Bertz CT molecular complexity index is 637. The molecule has 0 spiro atoms. The number of hydrogen-bond donors (Lipinski definition) is 1. The number of nitrogens with zero attached hydrogens (tertiary/aromatic N) is 1. The van der Waals surface area contributed by atoms with Crippen molar-refractivity contribution in [2.75, 3.05) is 7.11 Å². The molecule has 0 saturated carbocycles. The van der Waals surface area contributed by atoms with E-state index in [9.17, 15) is 19.5 Å². The van der Waals surface area contributed by atoms with Crippen molar-refractivity contribution < 1.29 is 29.0 Å². The molecule has 116 valence electrons. The summed E-state index contributed by atoms with van der Waals surface area (Å²) in [5, 5.41) is 9.84. The Morgan fingerprint density at radius 2 is 1.91 bits per heavy atom. The summed E-state index contributed by atoms with van der Waals surface area (Å²) in [4.78, 5) is 36.3. The van der Waals surface area contributed by atoms with Crippen LogP contribution in [0.5, 0.6) is 0 Å². The molecule has 0 bridgehead atoms. The first-order chi connectivity index (χ1) is 10.5. The number of rotatable bonds is 3. The average Bonchev–Trinajstić information content (AvgIpc) is 2.75. The second kappa shape index (κ2) is 6.30. The van der Waals surface area contributed by atoms with Crippen molar-refractivity contribution in [1.29, 1.82) is 0 Å². The number of hydrogen-bond acceptors (Lipinski definition) is 6. The van der Waals surface area contributed by atoms with Crippen LogP contribution in [0, 0.1) is 0 Å². The van der Waals surface area contributed by atoms with Crippen molar-refractivity contribution in [3.8, 4) is 0 Å². The van der Waals surface area contributed by atoms with E-state index < -0.39 is 35.3 Å². The molecule has 0 fully saturated rings. The molecule has 0 radical (unpaired) electrons. The lowest BCUT2D eigenvalue weighted by molar-refractivity contribution is -0.139. The van der Waals surface area contributed by atoms with Crippen LogP contribution in [0.15, 0.2) is 41.7 Å². The maximum absolute atomic E-state index is 12.1. The Kier molecular flexibility index (Phi) is 4.45. The highest BCUT2D eigenvalue weighted by molar-refractivity contribution is 6.21. The molecule has 0 aromatic heterocycles. The monoisotopic (exact) mass is 305 g/mol. The molecule has 1 atom stereocenters. The molecule has 1 aromatic rings. The molecule has 1 aliphatic heterocycles. The summed E-state index contributed by atoms with van der Waals surface area (Å²) in [6, 6.07) is 7.94. The normalized spacial score (nSPS) is 17.6. The number of aliphatic hydroxyl groups is 1. The molecule has 1 heterocycles. The van der Waals surface area contributed by atoms with E-state index in [0.717, 1.165) is 12.7 Å². The summed E-state index contributed by atoms with van der Waals surface area (Å²) in [6.45, 7) is 1.39. The zero-order valence-electron chi connectivity index (χ0n) is 12.1. The zero-order chi connectivity index (χ0) is 16.3. The smallest absolute Gasteiger partial charge is 0.417 e. The van der Waals surface area contributed by atoms with Gasteiger partial charge in [0, 0.05) is 0 Å². The minimum Gasteiger partial charge on any atom is -0.509 e. The number of methoxy groups -OCH3 is 1. The van der Waals surface area contributed by atoms with Crippen molar-refractivity contribution in [2.45, 2.75) is 19.6 Å². The fourth-order valence-corrected chi connectivity index (χ4v) is 2.06. The number of carbonyl (C=O) groups is 3. The maximum atomic E-state index is 12.1. The Morgan fingerprint density at radius 1 is 1.27 bits per heavy atom. The molecule has 2 rings (SSSR count). The molecule has 2 amide bonds. The Hall–Kier alpha value is -2.83. The second-order valence-corrected chi connectivity index (χ2v) is 4.64. The molecule has 1 aromatic carbocycles. The number of amides is 2. The van der Waals surface area contributed by atoms with Gasteiger partial charge in [0.15, 0.2) is 5.57 Å². The molecular weight excluding hydrogens is 290 g/mol. The first-order valence-electron chi connectivity index (χ1n) is 6.53. The number of imide groups is 1. The Labute approximate surface area is 126 Å². The molecular formula is C15H15NO6. The minimum absolute atomic E-state index is 0.0233. The van der Waals surface area contributed by atoms with Gasteiger partial charge in [0.2, 0.25) is 0 Å². The largest absolute Gasteiger partial charge is 0.509 e. The van der Waals surface area contributed by atoms with Crippen LogP contribution in [0.4, 0.5) is 4.79 Å². The first-order valence-corrected chi connectivity index (χ1v) is 6.53. The number of carbonyl (C=O) groups excluding carboxylic acids is 3. The predicted octanol–water partition coefficient (Wildman–Crippen LogP) is 1.54. The predicted molar refractivity (Wildman–Crippen MR) is 74.6 cm³/mol. The van der Waals surface area contributed by atoms with Gasteiger partial charge >= 0.3 is 12.1 Å². The van der Waals surface area contributed by atoms with E-state index in [2.05, 4.69) is 4.74 Å². The summed E-state index contributed by atoms with van der Waals surface area (Å²) in [7, 11) is 1.08. The summed E-state index contributed by atoms with van der Waals surface area (Å²) >= 11 is 0. The third kappa shape index (κ3) is 2.78. The number of esters is 1. The third-order valence-electron chi connectivity index (χ3n) is 3.26. The van der Waals surface area contributed by atoms with Gasteiger partial charge in [-0.1, -0.05) is 30.3 Å². The van der Waals surface area contributed by atoms with Crippen LogP contribution < -0.4 is 0 Å². The van der Waals surface area contributed by atoms with Gasteiger partial charge in [-0.3, -0.25) is 4.79 Å². The van der Waals surface area contributed by atoms with Crippen molar-refractivity contribution in [2.24, 2.45) is 0 Å². The number of ether oxygens (including phenoxy) is 2. The summed E-state index contributed by atoms with van der Waals surface area (Å²) in [5.74, 6) is -2.43. The molecule has 1 aliphatic rings. The van der Waals surface area contributed by atoms with Crippen LogP contribution >= 0.6 is 0 Å². The van der Waals surface area contributed by atoms with Gasteiger partial charge in [-0.15, -0.1) is 0 Å². The topological polar surface area (TPSA) is 93.1 Å². The lowest BCUT2D eigenvalue weighted by Crippen LogP contribution is -2.40. The van der Waals surface area contributed by atoms with E-state index in [1.807, 2.05) is 6.07 Å². The van der Waals surface area contributed by atoms with Crippen molar-refractivity contribution in [3.05, 3.63) is 47.2 Å². The fourth-order valence-electron chi connectivity index (χ4n) is 2.06. The highest BCUT2D eigenvalue weighted by Crippen LogP contribution is 2.25. The highest BCUT2D eigenvalue weighted by Gasteiger charge is 2.45. The van der Waals surface area contributed by atoms with Gasteiger partial charge in [-0.05, 0) is 12.5 Å². The van der Waals surface area contributed by atoms with Gasteiger partial charge < -0.3 is 14.6 Å². The van der Waals surface area contributed by atoms with E-state index in [4.69, 9.17) is 4.74 Å². The summed E-state index contributed by atoms with van der Waals surface area (Å²) < 4.78 is 9.46. The van der Waals surface area contributed by atoms with Crippen molar-refractivity contribution in [3.63, 3.8) is 0 Å². The molecule has 7 nitrogen and oxygen atoms in total. The Morgan fingerprint density at radius 3 is 2.50 bits per heavy atom. The molecule has 7 heteroatoms. The van der Waals surface area contributed by atoms with Gasteiger partial charge in [0.1, 0.15) is 12.4 Å². The molecule has 0 saturated heterocycles. The van der Waals surface area contributed by atoms with Gasteiger partial charge in [-0.25, -0.2) is 14.5 Å². The average molecular weight is 305 g/mol. The van der Waals surface area contributed by atoms with Gasteiger partial charge in [0.25, 0.3) is 5.91 Å². The molecule has 0 unspecified atom stereocenters. The van der Waals surface area contributed by atoms with Crippen LogP contribution in [0.2, 0.25) is 0 Å². The van der Waals surface area contributed by atoms with E-state index in [0.29, 0.717) is 4.90 Å². The lowest BCUT2D eigenvalue weighted by atomic mass is 10.2. The SMILES string of the molecule is COC(=O)C1=C(O)[C@H](C)N(C(=O)OCc2ccccc2)C1=O. The van der Waals surface area contributed by atoms with Crippen LogP contribution in [0.25, 0.3) is 0 Å². The van der Waals surface area contributed by atoms with E-state index in [1.54, 1.807) is 24.3 Å². The second-order valence-electron chi connectivity index (χ2n) is 4.64. The highest BCUT2D eigenvalue weighted by atomic mass is 16.6. The standard InChI is InChI=1S/C15H15NO6/c1-9-12(17)11(14(19)21-2)13(18)16(9)15(20)22-8-10-6-4-3-5-7-10/h3-7,9,17H,8H2,1-2H3/t9-/m0/s1. The maximum Gasteiger partial charge on any atom is 0.417 e. The van der Waals surface area contributed by atoms with Crippen LogP contribution in [-0.2, 0) is 25.7 Å². The van der Waals surface area contributed by atoms with Crippen LogP contribution in [0.3, 0.4) is 0 Å². The molecule has 22 heavy (non-hydrogen) atoms. The number of benzene rings is 1. The summed E-state index contributed by atoms with van der Waals surface area (Å²) in [6.07, 6.45) is -0.938. The molecule has 1 N–H and O–H groups in total. The summed E-state index contributed by atoms with van der Waals surface area (Å²) in [5.41, 5.74) is 0.201. The van der Waals surface area contributed by atoms with Crippen LogP contribution in [-0.4, -0.2) is 41.1 Å². The lowest BCUT2D eigenvalue weighted by Gasteiger charge is -2.19. The van der Waals surface area contributed by atoms with Gasteiger partial charge in [0.05, 0.1) is 13.2 Å². The van der Waals surface area contributed by atoms with Crippen molar-refractivity contribution >= 4 is 18.0 Å². The fraction of sp³-hybridized carbons (Fsp3) is 0.267. The van der Waals surface area contributed by atoms with Gasteiger partial charge in [-0.2, -0.15) is 0 Å². The van der Waals surface area contributed by atoms with E-state index in [-0.39, 0.29) is 6.61 Å². The van der Waals surface area contributed by atoms with E-state index >= 15 is 0 Å². The van der Waals surface area contributed by atoms with E-state index in [1.165, 1.54) is 6.92 Å². The Balaban J connectivity index is 2.09. The van der Waals surface area contributed by atoms with Crippen molar-refractivity contribution in [1.82, 2.24) is 4.90 Å².